The summed E-state index contributed by atoms with van der Waals surface area (Å²) in [6, 6.07) is 15.5. The third-order valence-electron chi connectivity index (χ3n) is 4.10. The van der Waals surface area contributed by atoms with E-state index in [1.54, 1.807) is 31.2 Å². The second-order valence-electron chi connectivity index (χ2n) is 6.89. The van der Waals surface area contributed by atoms with Gasteiger partial charge in [-0.25, -0.2) is 0 Å². The summed E-state index contributed by atoms with van der Waals surface area (Å²) in [4.78, 5) is 12.3. The van der Waals surface area contributed by atoms with E-state index in [1.165, 1.54) is 11.1 Å². The van der Waals surface area contributed by atoms with Crippen LogP contribution in [0.25, 0.3) is 0 Å². The van der Waals surface area contributed by atoms with E-state index in [9.17, 15) is 4.79 Å². The lowest BCUT2D eigenvalue weighted by atomic mass is 10.0. The highest BCUT2D eigenvalue weighted by molar-refractivity contribution is 5.96. The Bertz CT molecular complexity index is 675. The topological polar surface area (TPSA) is 72.5 Å². The molecule has 2 aromatic carbocycles. The maximum atomic E-state index is 12.3. The van der Waals surface area contributed by atoms with Crippen LogP contribution in [-0.2, 0) is 6.42 Å². The molecule has 0 amide bonds. The number of nitrogens with two attached hydrogens (primary N) is 1. The second-order valence-corrected chi connectivity index (χ2v) is 6.89. The van der Waals surface area contributed by atoms with Crippen molar-refractivity contribution >= 4 is 5.78 Å². The minimum atomic E-state index is -0.773. The van der Waals surface area contributed by atoms with E-state index in [-0.39, 0.29) is 19.0 Å². The quantitative estimate of drug-likeness (QED) is 0.687. The van der Waals surface area contributed by atoms with Crippen molar-refractivity contribution in [3.05, 3.63) is 65.2 Å². The van der Waals surface area contributed by atoms with Crippen molar-refractivity contribution in [2.24, 2.45) is 5.73 Å². The van der Waals surface area contributed by atoms with Gasteiger partial charge in [0.25, 0.3) is 0 Å². The highest BCUT2D eigenvalue weighted by Gasteiger charge is 2.18. The molecule has 0 aromatic heterocycles. The third kappa shape index (κ3) is 6.33. The van der Waals surface area contributed by atoms with Crippen LogP contribution in [0.1, 0.15) is 41.3 Å². The van der Waals surface area contributed by atoms with Gasteiger partial charge in [0.05, 0.1) is 12.1 Å². The minimum Gasteiger partial charge on any atom is -0.492 e. The minimum absolute atomic E-state index is 0.137. The molecule has 25 heavy (non-hydrogen) atoms. The van der Waals surface area contributed by atoms with Crippen molar-refractivity contribution in [2.75, 3.05) is 13.2 Å². The van der Waals surface area contributed by atoms with E-state index in [0.29, 0.717) is 17.7 Å². The Labute approximate surface area is 149 Å². The summed E-state index contributed by atoms with van der Waals surface area (Å²) >= 11 is 0. The van der Waals surface area contributed by atoms with Crippen LogP contribution in [0, 0.1) is 6.92 Å². The normalized spacial score (nSPS) is 13.3. The molecule has 0 saturated heterocycles. The molecule has 2 aromatic rings. The summed E-state index contributed by atoms with van der Waals surface area (Å²) in [6.45, 7) is 3.86. The first-order valence-corrected chi connectivity index (χ1v) is 8.61. The number of rotatable bonds is 9. The number of aliphatic hydroxyl groups excluding tert-OH is 1. The lowest BCUT2D eigenvalue weighted by molar-refractivity contribution is 0.0980. The number of aryl methyl sites for hydroxylation is 2. The number of aliphatic hydroxyl groups is 1. The molecule has 4 heteroatoms. The lowest BCUT2D eigenvalue weighted by Gasteiger charge is -2.21. The van der Waals surface area contributed by atoms with Gasteiger partial charge in [0.1, 0.15) is 12.4 Å². The summed E-state index contributed by atoms with van der Waals surface area (Å²) in [7, 11) is 0. The maximum Gasteiger partial charge on any atom is 0.162 e. The summed E-state index contributed by atoms with van der Waals surface area (Å²) in [5, 5.41) is 9.12. The molecule has 0 aliphatic carbocycles. The van der Waals surface area contributed by atoms with Gasteiger partial charge in [0, 0.05) is 12.0 Å². The average Bonchev–Trinajstić information content (AvgIpc) is 2.62. The first-order valence-electron chi connectivity index (χ1n) is 8.61. The molecule has 0 saturated carbocycles. The molecular formula is C21H27NO3. The second kappa shape index (κ2) is 8.79. The summed E-state index contributed by atoms with van der Waals surface area (Å²) in [5.41, 5.74) is 8.25. The maximum absolute atomic E-state index is 12.3. The van der Waals surface area contributed by atoms with E-state index in [0.717, 1.165) is 12.8 Å². The molecule has 0 fully saturated rings. The zero-order valence-electron chi connectivity index (χ0n) is 15.0. The van der Waals surface area contributed by atoms with Crippen LogP contribution in [0.2, 0.25) is 0 Å². The van der Waals surface area contributed by atoms with Gasteiger partial charge in [-0.05, 0) is 56.5 Å². The van der Waals surface area contributed by atoms with Crippen LogP contribution in [0.5, 0.6) is 5.75 Å². The number of Topliss-reactive ketones (excluding diaryl/α,β-unsaturated/α-hetero) is 1. The Hall–Kier alpha value is -2.17. The van der Waals surface area contributed by atoms with E-state index < -0.39 is 5.54 Å². The lowest BCUT2D eigenvalue weighted by Crippen LogP contribution is -2.45. The first-order chi connectivity index (χ1) is 11.9. The smallest absolute Gasteiger partial charge is 0.162 e. The van der Waals surface area contributed by atoms with Crippen LogP contribution >= 0.6 is 0 Å². The summed E-state index contributed by atoms with van der Waals surface area (Å²) in [6.07, 6.45) is 2.27. The molecule has 0 aliphatic rings. The molecule has 1 unspecified atom stereocenters. The summed E-state index contributed by atoms with van der Waals surface area (Å²) in [5.74, 6) is 0.777. The predicted octanol–water partition coefficient (Wildman–Crippen LogP) is 3.29. The van der Waals surface area contributed by atoms with Crippen molar-refractivity contribution in [1.29, 1.82) is 0 Å². The van der Waals surface area contributed by atoms with Gasteiger partial charge in [-0.15, -0.1) is 0 Å². The fraction of sp³-hybridized carbons (Fsp3) is 0.381. The van der Waals surface area contributed by atoms with E-state index in [4.69, 9.17) is 15.6 Å². The van der Waals surface area contributed by atoms with E-state index in [1.807, 2.05) is 0 Å². The van der Waals surface area contributed by atoms with Gasteiger partial charge in [0.15, 0.2) is 5.78 Å². The zero-order chi connectivity index (χ0) is 18.3. The molecule has 0 spiro atoms. The molecule has 2 rings (SSSR count). The zero-order valence-corrected chi connectivity index (χ0v) is 15.0. The monoisotopic (exact) mass is 341 g/mol. The highest BCUT2D eigenvalue weighted by atomic mass is 16.5. The van der Waals surface area contributed by atoms with Crippen LogP contribution < -0.4 is 10.5 Å². The van der Waals surface area contributed by atoms with Crippen molar-refractivity contribution in [1.82, 2.24) is 0 Å². The van der Waals surface area contributed by atoms with Gasteiger partial charge in [-0.3, -0.25) is 4.79 Å². The molecule has 134 valence electrons. The van der Waals surface area contributed by atoms with E-state index >= 15 is 0 Å². The standard InChI is InChI=1S/C21H27NO3/c1-16-6-8-17(9-7-16)4-3-5-20(24)18-10-12-19(13-11-18)25-15-21(2,22)14-23/h6-13,23H,3-5,14-15,22H2,1-2H3. The Morgan fingerprint density at radius 1 is 1.12 bits per heavy atom. The SMILES string of the molecule is Cc1ccc(CCCC(=O)c2ccc(OCC(C)(N)CO)cc2)cc1. The highest BCUT2D eigenvalue weighted by Crippen LogP contribution is 2.16. The van der Waals surface area contributed by atoms with Gasteiger partial charge in [0.2, 0.25) is 0 Å². The molecule has 4 nitrogen and oxygen atoms in total. The van der Waals surface area contributed by atoms with Crippen LogP contribution in [0.4, 0.5) is 0 Å². The molecule has 0 aliphatic heterocycles. The fourth-order valence-electron chi connectivity index (χ4n) is 2.38. The van der Waals surface area contributed by atoms with Crippen molar-refractivity contribution < 1.29 is 14.6 Å². The molecule has 3 N–H and O–H groups in total. The average molecular weight is 341 g/mol. The number of hydrogen-bond donors (Lipinski definition) is 2. The van der Waals surface area contributed by atoms with E-state index in [2.05, 4.69) is 31.2 Å². The number of benzene rings is 2. The number of hydrogen-bond acceptors (Lipinski definition) is 4. The van der Waals surface area contributed by atoms with Crippen molar-refractivity contribution in [3.8, 4) is 5.75 Å². The number of ether oxygens (including phenoxy) is 1. The number of carbonyl (C=O) groups is 1. The molecule has 1 atom stereocenters. The Balaban J connectivity index is 1.80. The predicted molar refractivity (Wildman–Crippen MR) is 100 cm³/mol. The van der Waals surface area contributed by atoms with Gasteiger partial charge in [-0.1, -0.05) is 29.8 Å². The molecular weight excluding hydrogens is 314 g/mol. The van der Waals surface area contributed by atoms with Crippen LogP contribution in [0.15, 0.2) is 48.5 Å². The van der Waals surface area contributed by atoms with Gasteiger partial charge in [-0.2, -0.15) is 0 Å². The Morgan fingerprint density at radius 3 is 2.36 bits per heavy atom. The van der Waals surface area contributed by atoms with Crippen LogP contribution in [-0.4, -0.2) is 29.6 Å². The largest absolute Gasteiger partial charge is 0.492 e. The first kappa shape index (κ1) is 19.2. The Kier molecular flexibility index (Phi) is 6.73. The number of carbonyl (C=O) groups excluding carboxylic acids is 1. The number of ketones is 1. The molecule has 0 radical (unpaired) electrons. The third-order valence-corrected chi connectivity index (χ3v) is 4.10. The van der Waals surface area contributed by atoms with Crippen molar-refractivity contribution in [3.63, 3.8) is 0 Å². The van der Waals surface area contributed by atoms with Crippen LogP contribution in [0.3, 0.4) is 0 Å². The summed E-state index contributed by atoms with van der Waals surface area (Å²) < 4.78 is 5.55. The van der Waals surface area contributed by atoms with Gasteiger partial charge < -0.3 is 15.6 Å². The molecule has 0 bridgehead atoms. The molecule has 0 heterocycles. The Morgan fingerprint density at radius 2 is 1.76 bits per heavy atom. The fourth-order valence-corrected chi connectivity index (χ4v) is 2.38. The van der Waals surface area contributed by atoms with Gasteiger partial charge >= 0.3 is 0 Å². The van der Waals surface area contributed by atoms with Crippen molar-refractivity contribution in [2.45, 2.75) is 38.6 Å².